The third kappa shape index (κ3) is 3.97. The van der Waals surface area contributed by atoms with Crippen LogP contribution in [0.1, 0.15) is 13.3 Å². The molecule has 0 spiro atoms. The van der Waals surface area contributed by atoms with E-state index in [0.717, 1.165) is 0 Å². The molecular formula is C16H27NO4Sn. The molecule has 0 saturated carbocycles. The van der Waals surface area contributed by atoms with Gasteiger partial charge in [0.15, 0.2) is 0 Å². The van der Waals surface area contributed by atoms with Crippen LogP contribution in [-0.4, -0.2) is 61.6 Å². The number of cyclic esters (lactones) is 1. The summed E-state index contributed by atoms with van der Waals surface area (Å²) in [6.07, 6.45) is 2.45. The second-order valence-corrected chi connectivity index (χ2v) is 23.3. The van der Waals surface area contributed by atoms with Gasteiger partial charge in [-0.15, -0.1) is 0 Å². The Morgan fingerprint density at radius 1 is 1.45 bits per heavy atom. The van der Waals surface area contributed by atoms with E-state index in [4.69, 9.17) is 9.47 Å². The molecule has 2 aliphatic rings. The van der Waals surface area contributed by atoms with Gasteiger partial charge in [-0.1, -0.05) is 0 Å². The standard InChI is InChI=1S/C13H18NO4.3CH3.Sn/c1-4-8(2)10-6-14-11(7-18-13(14)16)9(10)5-12(15)17-3;;;;/h4,9-11H,1,5-7H2,2-3H3;3*1H3;/b8-4+;;;;/t9-,10+,11+;;;;/m0..../s1. The number of methoxy groups -OCH3 is 1. The zero-order chi connectivity index (χ0) is 16.5. The number of rotatable bonds is 5. The van der Waals surface area contributed by atoms with Crippen molar-refractivity contribution < 1.29 is 19.1 Å². The fourth-order valence-electron chi connectivity index (χ4n) is 3.30. The average Bonchev–Trinajstić information content (AvgIpc) is 2.97. The summed E-state index contributed by atoms with van der Waals surface area (Å²) in [6.45, 7) is 3.19. The van der Waals surface area contributed by atoms with Crippen LogP contribution in [0.2, 0.25) is 19.3 Å². The molecule has 0 N–H and O–H groups in total. The molecule has 0 unspecified atom stereocenters. The zero-order valence-electron chi connectivity index (χ0n) is 14.2. The fraction of sp³-hybridized carbons (Fsp3) is 0.750. The molecule has 0 aromatic carbocycles. The number of fused-ring (bicyclic) bond motifs is 1. The van der Waals surface area contributed by atoms with Crippen molar-refractivity contribution in [1.82, 2.24) is 4.90 Å². The number of hydrogen-bond donors (Lipinski definition) is 0. The van der Waals surface area contributed by atoms with Crippen LogP contribution in [0.25, 0.3) is 0 Å². The minimum atomic E-state index is -1.85. The number of carbonyl (C=O) groups excluding carboxylic acids is 2. The Bertz CT molecular complexity index is 483. The normalized spacial score (nSPS) is 28.6. The van der Waals surface area contributed by atoms with Crippen LogP contribution in [-0.2, 0) is 14.3 Å². The van der Waals surface area contributed by atoms with Crippen LogP contribution in [0.15, 0.2) is 11.6 Å². The SMILES string of the molecule is COC(=O)C[C@H]1[C@@H](/C(C)=C/[CH2][Sn]([CH3])([CH3])[CH3])CN2C(=O)OC[C@H]12. The van der Waals surface area contributed by atoms with Crippen LogP contribution in [0.3, 0.4) is 0 Å². The Morgan fingerprint density at radius 2 is 2.14 bits per heavy atom. The van der Waals surface area contributed by atoms with E-state index in [-0.39, 0.29) is 29.9 Å². The van der Waals surface area contributed by atoms with E-state index in [2.05, 4.69) is 27.8 Å². The van der Waals surface area contributed by atoms with Gasteiger partial charge in [-0.2, -0.15) is 0 Å². The van der Waals surface area contributed by atoms with Gasteiger partial charge >= 0.3 is 137 Å². The number of esters is 1. The van der Waals surface area contributed by atoms with E-state index in [9.17, 15) is 9.59 Å². The number of amides is 1. The van der Waals surface area contributed by atoms with E-state index in [0.29, 0.717) is 19.6 Å². The molecule has 2 fully saturated rings. The summed E-state index contributed by atoms with van der Waals surface area (Å²) in [7, 11) is 1.41. The molecule has 5 nitrogen and oxygen atoms in total. The van der Waals surface area contributed by atoms with Gasteiger partial charge in [0, 0.05) is 0 Å². The summed E-state index contributed by atoms with van der Waals surface area (Å²) in [5.41, 5.74) is 1.31. The predicted octanol–water partition coefficient (Wildman–Crippen LogP) is 2.90. The molecule has 124 valence electrons. The van der Waals surface area contributed by atoms with Gasteiger partial charge in [-0.25, -0.2) is 0 Å². The second-order valence-electron chi connectivity index (χ2n) is 7.56. The van der Waals surface area contributed by atoms with Crippen LogP contribution in [0, 0.1) is 11.8 Å². The summed E-state index contributed by atoms with van der Waals surface area (Å²) in [5.74, 6) is 0.134. The molecule has 6 heteroatoms. The maximum absolute atomic E-state index is 11.8. The molecule has 0 aromatic heterocycles. The molecule has 0 radical (unpaired) electrons. The monoisotopic (exact) mass is 417 g/mol. The Labute approximate surface area is 136 Å². The Kier molecular flexibility index (Phi) is 5.45. The molecule has 1 amide bonds. The summed E-state index contributed by atoms with van der Waals surface area (Å²) < 4.78 is 11.2. The van der Waals surface area contributed by atoms with Crippen LogP contribution < -0.4 is 0 Å². The van der Waals surface area contributed by atoms with Crippen molar-refractivity contribution in [3.63, 3.8) is 0 Å². The third-order valence-electron chi connectivity index (χ3n) is 4.67. The fourth-order valence-corrected chi connectivity index (χ4v) is 5.97. The minimum absolute atomic E-state index is 0.0121. The van der Waals surface area contributed by atoms with Crippen LogP contribution in [0.5, 0.6) is 0 Å². The molecular weight excluding hydrogens is 389 g/mol. The number of ether oxygens (including phenoxy) is 2. The van der Waals surface area contributed by atoms with Gasteiger partial charge in [-0.3, -0.25) is 0 Å². The van der Waals surface area contributed by atoms with Crippen molar-refractivity contribution in [1.29, 1.82) is 0 Å². The summed E-state index contributed by atoms with van der Waals surface area (Å²) in [4.78, 5) is 32.6. The first-order chi connectivity index (χ1) is 10.2. The van der Waals surface area contributed by atoms with Crippen molar-refractivity contribution >= 4 is 30.4 Å². The second kappa shape index (κ2) is 6.81. The molecule has 0 bridgehead atoms. The van der Waals surface area contributed by atoms with Crippen molar-refractivity contribution in [3.8, 4) is 0 Å². The van der Waals surface area contributed by atoms with E-state index < -0.39 is 18.4 Å². The van der Waals surface area contributed by atoms with Crippen molar-refractivity contribution in [3.05, 3.63) is 11.6 Å². The molecule has 22 heavy (non-hydrogen) atoms. The van der Waals surface area contributed by atoms with Gasteiger partial charge in [0.05, 0.1) is 0 Å². The third-order valence-corrected chi connectivity index (χ3v) is 8.75. The summed E-state index contributed by atoms with van der Waals surface area (Å²) >= 11 is -1.85. The van der Waals surface area contributed by atoms with Crippen molar-refractivity contribution in [2.45, 2.75) is 38.6 Å². The van der Waals surface area contributed by atoms with Gasteiger partial charge in [0.25, 0.3) is 0 Å². The van der Waals surface area contributed by atoms with E-state index in [1.165, 1.54) is 17.1 Å². The zero-order valence-corrected chi connectivity index (χ0v) is 17.1. The Hall–Kier alpha value is -0.721. The van der Waals surface area contributed by atoms with Crippen molar-refractivity contribution in [2.75, 3.05) is 20.3 Å². The van der Waals surface area contributed by atoms with Gasteiger partial charge < -0.3 is 0 Å². The first kappa shape index (κ1) is 17.6. The number of hydrogen-bond acceptors (Lipinski definition) is 4. The first-order valence-electron chi connectivity index (χ1n) is 7.90. The molecule has 2 heterocycles. The van der Waals surface area contributed by atoms with Gasteiger partial charge in [-0.05, 0) is 0 Å². The van der Waals surface area contributed by atoms with Crippen LogP contribution >= 0.6 is 0 Å². The molecule has 0 aliphatic carbocycles. The van der Waals surface area contributed by atoms with Gasteiger partial charge in [0.2, 0.25) is 0 Å². The number of nitrogens with zero attached hydrogens (tertiary/aromatic N) is 1. The maximum atomic E-state index is 11.8. The Balaban J connectivity index is 2.16. The first-order valence-corrected chi connectivity index (χ1v) is 18.5. The average molecular weight is 416 g/mol. The van der Waals surface area contributed by atoms with E-state index in [1.54, 1.807) is 4.90 Å². The molecule has 2 aliphatic heterocycles. The predicted molar refractivity (Wildman–Crippen MR) is 87.4 cm³/mol. The van der Waals surface area contributed by atoms with Crippen LogP contribution in [0.4, 0.5) is 4.79 Å². The van der Waals surface area contributed by atoms with Crippen molar-refractivity contribution in [2.24, 2.45) is 11.8 Å². The van der Waals surface area contributed by atoms with Gasteiger partial charge in [0.1, 0.15) is 0 Å². The molecule has 2 saturated heterocycles. The number of carbonyl (C=O) groups is 2. The van der Waals surface area contributed by atoms with E-state index >= 15 is 0 Å². The Morgan fingerprint density at radius 3 is 2.73 bits per heavy atom. The molecule has 2 rings (SSSR count). The summed E-state index contributed by atoms with van der Waals surface area (Å²) in [6, 6.07) is 0.0121. The number of allylic oxidation sites excluding steroid dienone is 1. The summed E-state index contributed by atoms with van der Waals surface area (Å²) in [5, 5.41) is 0. The quantitative estimate of drug-likeness (QED) is 0.393. The van der Waals surface area contributed by atoms with E-state index in [1.807, 2.05) is 0 Å². The molecule has 3 atom stereocenters. The molecule has 0 aromatic rings. The topological polar surface area (TPSA) is 55.8 Å².